The number of furan rings is 1. The molecule has 0 bridgehead atoms. The predicted octanol–water partition coefficient (Wildman–Crippen LogP) is 3.86. The Morgan fingerprint density at radius 2 is 2.11 bits per heavy atom. The molecule has 0 saturated carbocycles. The largest absolute Gasteiger partial charge is 0.469 e. The SMILES string of the molecule is CSCCNC(=NCC(O)c1ccc(Cl)c(F)c1)NCCc1ccco1.I. The molecule has 1 atom stereocenters. The van der Waals surface area contributed by atoms with E-state index in [4.69, 9.17) is 16.0 Å². The summed E-state index contributed by atoms with van der Waals surface area (Å²) in [7, 11) is 0. The maximum Gasteiger partial charge on any atom is 0.191 e. The van der Waals surface area contributed by atoms with Gasteiger partial charge in [-0.15, -0.1) is 24.0 Å². The Bertz CT molecular complexity index is 704. The van der Waals surface area contributed by atoms with Gasteiger partial charge < -0.3 is 20.2 Å². The molecular weight excluding hydrogens is 504 g/mol. The first-order valence-electron chi connectivity index (χ1n) is 8.26. The Kier molecular flexibility index (Phi) is 11.8. The summed E-state index contributed by atoms with van der Waals surface area (Å²) in [6.07, 6.45) is 3.48. The van der Waals surface area contributed by atoms with Crippen molar-refractivity contribution < 1.29 is 13.9 Å². The number of thioether (sulfide) groups is 1. The maximum absolute atomic E-state index is 13.5. The van der Waals surface area contributed by atoms with Crippen LogP contribution < -0.4 is 10.6 Å². The minimum absolute atomic E-state index is 0. The Hall–Kier alpha value is -0.970. The number of nitrogens with zero attached hydrogens (tertiary/aromatic N) is 1. The quantitative estimate of drug-likeness (QED) is 0.200. The molecule has 0 amide bonds. The van der Waals surface area contributed by atoms with Gasteiger partial charge in [-0.3, -0.25) is 4.99 Å². The van der Waals surface area contributed by atoms with Gasteiger partial charge in [-0.1, -0.05) is 17.7 Å². The summed E-state index contributed by atoms with van der Waals surface area (Å²) in [5.41, 5.74) is 0.440. The summed E-state index contributed by atoms with van der Waals surface area (Å²) in [5, 5.41) is 16.7. The molecule has 2 aromatic rings. The number of hydrogen-bond donors (Lipinski definition) is 3. The number of rotatable bonds is 9. The smallest absolute Gasteiger partial charge is 0.191 e. The summed E-state index contributed by atoms with van der Waals surface area (Å²) in [6.45, 7) is 1.50. The molecule has 27 heavy (non-hydrogen) atoms. The predicted molar refractivity (Wildman–Crippen MR) is 121 cm³/mol. The number of aliphatic hydroxyl groups is 1. The molecule has 1 aromatic carbocycles. The normalized spacial score (nSPS) is 12.4. The first-order valence-corrected chi connectivity index (χ1v) is 10.0. The lowest BCUT2D eigenvalue weighted by Gasteiger charge is -2.14. The molecule has 1 unspecified atom stereocenters. The topological polar surface area (TPSA) is 69.8 Å². The van der Waals surface area contributed by atoms with Crippen LogP contribution in [0.25, 0.3) is 0 Å². The van der Waals surface area contributed by atoms with Gasteiger partial charge in [0.15, 0.2) is 5.96 Å². The Morgan fingerprint density at radius 1 is 1.33 bits per heavy atom. The first-order chi connectivity index (χ1) is 12.6. The number of benzene rings is 1. The molecule has 1 aromatic heterocycles. The standard InChI is InChI=1S/C18H23ClFN3O2S.HI/c1-26-10-8-22-18(21-7-6-14-3-2-9-25-14)23-12-17(24)13-4-5-15(19)16(20)11-13;/h2-5,9,11,17,24H,6-8,10,12H2,1H3,(H2,21,22,23);1H. The van der Waals surface area contributed by atoms with Crippen LogP contribution in [0.1, 0.15) is 17.4 Å². The average molecular weight is 528 g/mol. The van der Waals surface area contributed by atoms with E-state index in [1.807, 2.05) is 18.4 Å². The van der Waals surface area contributed by atoms with Crippen LogP contribution in [0.4, 0.5) is 4.39 Å². The Labute approximate surface area is 185 Å². The van der Waals surface area contributed by atoms with Crippen molar-refractivity contribution in [2.24, 2.45) is 4.99 Å². The van der Waals surface area contributed by atoms with Crippen LogP contribution in [0.2, 0.25) is 5.02 Å². The average Bonchev–Trinajstić information content (AvgIpc) is 3.15. The number of nitrogens with one attached hydrogen (secondary N) is 2. The van der Waals surface area contributed by atoms with Crippen molar-refractivity contribution in [3.05, 3.63) is 58.8 Å². The van der Waals surface area contributed by atoms with Gasteiger partial charge in [-0.2, -0.15) is 11.8 Å². The fourth-order valence-electron chi connectivity index (χ4n) is 2.21. The molecule has 1 heterocycles. The third-order valence-corrected chi connectivity index (χ3v) is 4.51. The van der Waals surface area contributed by atoms with Crippen LogP contribution in [-0.4, -0.2) is 42.7 Å². The third-order valence-electron chi connectivity index (χ3n) is 3.59. The zero-order valence-electron chi connectivity index (χ0n) is 15.0. The first kappa shape index (κ1) is 24.1. The van der Waals surface area contributed by atoms with E-state index in [1.165, 1.54) is 12.1 Å². The van der Waals surface area contributed by atoms with Crippen LogP contribution in [0.5, 0.6) is 0 Å². The highest BCUT2D eigenvalue weighted by Gasteiger charge is 2.10. The molecule has 0 aliphatic heterocycles. The summed E-state index contributed by atoms with van der Waals surface area (Å²) in [4.78, 5) is 4.39. The van der Waals surface area contributed by atoms with Crippen molar-refractivity contribution in [3.8, 4) is 0 Å². The fraction of sp³-hybridized carbons (Fsp3) is 0.389. The van der Waals surface area contributed by atoms with Crippen LogP contribution in [-0.2, 0) is 6.42 Å². The maximum atomic E-state index is 13.5. The van der Waals surface area contributed by atoms with E-state index in [9.17, 15) is 9.50 Å². The molecule has 9 heteroatoms. The molecule has 2 rings (SSSR count). The number of guanidine groups is 1. The van der Waals surface area contributed by atoms with Gasteiger partial charge in [0.1, 0.15) is 11.6 Å². The molecule has 0 aliphatic rings. The number of halogens is 3. The van der Waals surface area contributed by atoms with Crippen LogP contribution in [0.15, 0.2) is 46.0 Å². The van der Waals surface area contributed by atoms with Crippen LogP contribution in [0.3, 0.4) is 0 Å². The molecule has 3 N–H and O–H groups in total. The van der Waals surface area contributed by atoms with E-state index in [0.717, 1.165) is 24.5 Å². The van der Waals surface area contributed by atoms with E-state index >= 15 is 0 Å². The van der Waals surface area contributed by atoms with E-state index in [2.05, 4.69) is 15.6 Å². The zero-order valence-corrected chi connectivity index (χ0v) is 18.9. The lowest BCUT2D eigenvalue weighted by atomic mass is 10.1. The van der Waals surface area contributed by atoms with Gasteiger partial charge in [-0.25, -0.2) is 4.39 Å². The summed E-state index contributed by atoms with van der Waals surface area (Å²) >= 11 is 7.40. The highest BCUT2D eigenvalue weighted by molar-refractivity contribution is 14.0. The van der Waals surface area contributed by atoms with Crippen molar-refractivity contribution >= 4 is 53.3 Å². The highest BCUT2D eigenvalue weighted by Crippen LogP contribution is 2.20. The van der Waals surface area contributed by atoms with E-state index in [0.29, 0.717) is 18.1 Å². The van der Waals surface area contributed by atoms with Crippen molar-refractivity contribution in [3.63, 3.8) is 0 Å². The summed E-state index contributed by atoms with van der Waals surface area (Å²) < 4.78 is 18.8. The van der Waals surface area contributed by atoms with Gasteiger partial charge in [0.2, 0.25) is 0 Å². The Balaban J connectivity index is 0.00000364. The molecule has 0 spiro atoms. The lowest BCUT2D eigenvalue weighted by molar-refractivity contribution is 0.186. The number of hydrogen-bond acceptors (Lipinski definition) is 4. The zero-order chi connectivity index (χ0) is 18.8. The van der Waals surface area contributed by atoms with Crippen molar-refractivity contribution in [1.29, 1.82) is 0 Å². The van der Waals surface area contributed by atoms with E-state index < -0.39 is 11.9 Å². The summed E-state index contributed by atoms with van der Waals surface area (Å²) in [5.74, 6) is 1.86. The minimum Gasteiger partial charge on any atom is -0.469 e. The molecule has 150 valence electrons. The lowest BCUT2D eigenvalue weighted by Crippen LogP contribution is -2.39. The molecule has 0 fully saturated rings. The molecule has 0 aliphatic carbocycles. The Morgan fingerprint density at radius 3 is 2.78 bits per heavy atom. The van der Waals surface area contributed by atoms with E-state index in [1.54, 1.807) is 24.1 Å². The van der Waals surface area contributed by atoms with Crippen molar-refractivity contribution in [2.75, 3.05) is 31.6 Å². The second-order valence-electron chi connectivity index (χ2n) is 5.55. The molecule has 0 saturated heterocycles. The number of aliphatic imine (C=N–C) groups is 1. The molecular formula is C18H24ClFIN3O2S. The third kappa shape index (κ3) is 8.71. The van der Waals surface area contributed by atoms with Crippen molar-refractivity contribution in [1.82, 2.24) is 10.6 Å². The van der Waals surface area contributed by atoms with Crippen molar-refractivity contribution in [2.45, 2.75) is 12.5 Å². The van der Waals surface area contributed by atoms with Crippen LogP contribution >= 0.6 is 47.3 Å². The highest BCUT2D eigenvalue weighted by atomic mass is 127. The van der Waals surface area contributed by atoms with Crippen LogP contribution in [0, 0.1) is 5.82 Å². The van der Waals surface area contributed by atoms with Gasteiger partial charge in [0.25, 0.3) is 0 Å². The second kappa shape index (κ2) is 13.2. The molecule has 0 radical (unpaired) electrons. The fourth-order valence-corrected chi connectivity index (χ4v) is 2.63. The monoisotopic (exact) mass is 527 g/mol. The van der Waals surface area contributed by atoms with Gasteiger partial charge in [-0.05, 0) is 36.1 Å². The van der Waals surface area contributed by atoms with Gasteiger partial charge >= 0.3 is 0 Å². The molecule has 5 nitrogen and oxygen atoms in total. The summed E-state index contributed by atoms with van der Waals surface area (Å²) in [6, 6.07) is 8.02. The number of aliphatic hydroxyl groups excluding tert-OH is 1. The van der Waals surface area contributed by atoms with Gasteiger partial charge in [0.05, 0.1) is 23.9 Å². The van der Waals surface area contributed by atoms with E-state index in [-0.39, 0.29) is 35.5 Å². The van der Waals surface area contributed by atoms with Gasteiger partial charge in [0, 0.05) is 25.3 Å². The second-order valence-corrected chi connectivity index (χ2v) is 6.95. The minimum atomic E-state index is -0.911.